The van der Waals surface area contributed by atoms with Gasteiger partial charge in [-0.05, 0) is 32.0 Å². The Morgan fingerprint density at radius 3 is 2.09 bits per heavy atom. The summed E-state index contributed by atoms with van der Waals surface area (Å²) in [5.41, 5.74) is 4.34. The summed E-state index contributed by atoms with van der Waals surface area (Å²) in [6.07, 6.45) is 0. The summed E-state index contributed by atoms with van der Waals surface area (Å²) in [7, 11) is 0. The van der Waals surface area contributed by atoms with E-state index in [4.69, 9.17) is 21.8 Å². The molecule has 5 aromatic rings. The molecule has 0 spiro atoms. The van der Waals surface area contributed by atoms with Crippen molar-refractivity contribution in [3.8, 4) is 28.2 Å². The number of hydrogen-bond acceptors (Lipinski definition) is 3. The van der Waals surface area contributed by atoms with Gasteiger partial charge in [0.05, 0.1) is 22.8 Å². The molecule has 0 bridgehead atoms. The normalized spacial score (nSPS) is 11.4. The maximum absolute atomic E-state index is 13.4. The lowest BCUT2D eigenvalue weighted by Gasteiger charge is -2.13. The van der Waals surface area contributed by atoms with E-state index in [1.165, 1.54) is 4.68 Å². The van der Waals surface area contributed by atoms with Crippen LogP contribution in [0, 0.1) is 0 Å². The van der Waals surface area contributed by atoms with Gasteiger partial charge in [0, 0.05) is 16.1 Å². The Kier molecular flexibility index (Phi) is 5.11. The molecule has 0 radical (unpaired) electrons. The highest BCUT2D eigenvalue weighted by molar-refractivity contribution is 6.30. The van der Waals surface area contributed by atoms with Crippen LogP contribution in [0.2, 0.25) is 5.02 Å². The molecule has 5 nitrogen and oxygen atoms in total. The summed E-state index contributed by atoms with van der Waals surface area (Å²) in [5, 5.41) is 10.9. The van der Waals surface area contributed by atoms with E-state index in [0.717, 1.165) is 33.6 Å². The van der Waals surface area contributed by atoms with Crippen LogP contribution in [-0.4, -0.2) is 19.6 Å². The Morgan fingerprint density at radius 1 is 0.812 bits per heavy atom. The molecule has 0 saturated carbocycles. The first kappa shape index (κ1) is 20.2. The number of halogens is 1. The summed E-state index contributed by atoms with van der Waals surface area (Å²) in [5.74, 6) is 0. The summed E-state index contributed by atoms with van der Waals surface area (Å²) in [6, 6.07) is 27.2. The smallest absolute Gasteiger partial charge is 0.265 e. The van der Waals surface area contributed by atoms with Gasteiger partial charge >= 0.3 is 0 Å². The standard InChI is InChI=1S/C26H21ClN4O/c1-17(2)30-26(32)24-22(23(28-30)18-10-5-3-6-11-18)25(19-12-7-4-8-13-19)31(29-24)21-15-9-14-20(27)16-21/h3-17H,1-2H3. The van der Waals surface area contributed by atoms with Crippen molar-refractivity contribution in [3.05, 3.63) is 100 Å². The van der Waals surface area contributed by atoms with Gasteiger partial charge in [0.25, 0.3) is 5.56 Å². The molecule has 0 aliphatic rings. The molecule has 0 unspecified atom stereocenters. The second kappa shape index (κ2) is 8.09. The summed E-state index contributed by atoms with van der Waals surface area (Å²) in [4.78, 5) is 13.4. The van der Waals surface area contributed by atoms with E-state index in [9.17, 15) is 4.79 Å². The average Bonchev–Trinajstić information content (AvgIpc) is 3.22. The lowest BCUT2D eigenvalue weighted by molar-refractivity contribution is 0.509. The van der Waals surface area contributed by atoms with E-state index < -0.39 is 0 Å². The molecule has 0 saturated heterocycles. The maximum Gasteiger partial charge on any atom is 0.295 e. The van der Waals surface area contributed by atoms with Gasteiger partial charge in [-0.1, -0.05) is 78.3 Å². The van der Waals surface area contributed by atoms with E-state index in [1.54, 1.807) is 4.68 Å². The van der Waals surface area contributed by atoms with E-state index in [-0.39, 0.29) is 11.6 Å². The van der Waals surface area contributed by atoms with Crippen molar-refractivity contribution in [3.63, 3.8) is 0 Å². The predicted molar refractivity (Wildman–Crippen MR) is 129 cm³/mol. The van der Waals surface area contributed by atoms with Gasteiger partial charge in [0.1, 0.15) is 5.69 Å². The van der Waals surface area contributed by atoms with Crippen LogP contribution in [0.1, 0.15) is 19.9 Å². The molecule has 6 heteroatoms. The van der Waals surface area contributed by atoms with E-state index in [0.29, 0.717) is 10.5 Å². The number of rotatable bonds is 4. The Hall–Kier alpha value is -3.70. The van der Waals surface area contributed by atoms with Crippen molar-refractivity contribution in [2.75, 3.05) is 0 Å². The van der Waals surface area contributed by atoms with Crippen LogP contribution in [-0.2, 0) is 0 Å². The van der Waals surface area contributed by atoms with Crippen molar-refractivity contribution in [2.45, 2.75) is 19.9 Å². The molecule has 158 valence electrons. The highest BCUT2D eigenvalue weighted by atomic mass is 35.5. The Morgan fingerprint density at radius 2 is 1.47 bits per heavy atom. The molecule has 0 N–H and O–H groups in total. The van der Waals surface area contributed by atoms with Crippen LogP contribution in [0.15, 0.2) is 89.7 Å². The fraction of sp³-hybridized carbons (Fsp3) is 0.115. The molecule has 2 heterocycles. The topological polar surface area (TPSA) is 52.7 Å². The lowest BCUT2D eigenvalue weighted by Crippen LogP contribution is -2.25. The fourth-order valence-electron chi connectivity index (χ4n) is 3.91. The molecule has 0 amide bonds. The molecule has 0 atom stereocenters. The third kappa shape index (κ3) is 3.41. The van der Waals surface area contributed by atoms with Crippen molar-refractivity contribution in [2.24, 2.45) is 0 Å². The van der Waals surface area contributed by atoms with Crippen LogP contribution in [0.3, 0.4) is 0 Å². The summed E-state index contributed by atoms with van der Waals surface area (Å²) < 4.78 is 3.31. The minimum atomic E-state index is -0.215. The van der Waals surface area contributed by atoms with Gasteiger partial charge in [-0.25, -0.2) is 9.36 Å². The van der Waals surface area contributed by atoms with E-state index in [2.05, 4.69) is 0 Å². The molecular formula is C26H21ClN4O. The minimum absolute atomic E-state index is 0.106. The third-order valence-electron chi connectivity index (χ3n) is 5.38. The van der Waals surface area contributed by atoms with Gasteiger partial charge in [-0.15, -0.1) is 0 Å². The zero-order valence-corrected chi connectivity index (χ0v) is 18.5. The minimum Gasteiger partial charge on any atom is -0.265 e. The average molecular weight is 441 g/mol. The number of hydrogen-bond donors (Lipinski definition) is 0. The largest absolute Gasteiger partial charge is 0.295 e. The molecule has 3 aromatic carbocycles. The molecule has 32 heavy (non-hydrogen) atoms. The van der Waals surface area contributed by atoms with Crippen molar-refractivity contribution in [1.29, 1.82) is 0 Å². The van der Waals surface area contributed by atoms with Crippen molar-refractivity contribution in [1.82, 2.24) is 19.6 Å². The van der Waals surface area contributed by atoms with Crippen LogP contribution in [0.25, 0.3) is 39.1 Å². The lowest BCUT2D eigenvalue weighted by atomic mass is 10.0. The van der Waals surface area contributed by atoms with Crippen LogP contribution in [0.4, 0.5) is 0 Å². The Balaban J connectivity index is 1.98. The number of fused-ring (bicyclic) bond motifs is 1. The zero-order chi connectivity index (χ0) is 22.2. The van der Waals surface area contributed by atoms with Gasteiger partial charge in [0.15, 0.2) is 5.52 Å². The molecule has 2 aromatic heterocycles. The molecule has 0 aliphatic carbocycles. The summed E-state index contributed by atoms with van der Waals surface area (Å²) >= 11 is 6.30. The predicted octanol–water partition coefficient (Wildman–Crippen LogP) is 6.15. The Bertz CT molecular complexity index is 1470. The maximum atomic E-state index is 13.4. The van der Waals surface area contributed by atoms with Crippen LogP contribution < -0.4 is 5.56 Å². The number of nitrogens with zero attached hydrogens (tertiary/aromatic N) is 4. The van der Waals surface area contributed by atoms with Gasteiger partial charge in [-0.2, -0.15) is 10.2 Å². The zero-order valence-electron chi connectivity index (χ0n) is 17.7. The highest BCUT2D eigenvalue weighted by Gasteiger charge is 2.24. The van der Waals surface area contributed by atoms with Gasteiger partial charge < -0.3 is 0 Å². The Labute approximate surface area is 190 Å². The number of aromatic nitrogens is 4. The first-order valence-electron chi connectivity index (χ1n) is 10.5. The third-order valence-corrected chi connectivity index (χ3v) is 5.61. The number of benzene rings is 3. The monoisotopic (exact) mass is 440 g/mol. The quantitative estimate of drug-likeness (QED) is 0.336. The fourth-order valence-corrected chi connectivity index (χ4v) is 4.09. The van der Waals surface area contributed by atoms with E-state index >= 15 is 0 Å². The highest BCUT2D eigenvalue weighted by Crippen LogP contribution is 2.36. The molecule has 0 fully saturated rings. The molecule has 5 rings (SSSR count). The molecular weight excluding hydrogens is 420 g/mol. The molecule has 0 aliphatic heterocycles. The SMILES string of the molecule is CC(C)n1nc(-c2ccccc2)c2c(-c3ccccc3)n(-c3cccc(Cl)c3)nc2c1=O. The van der Waals surface area contributed by atoms with E-state index in [1.807, 2.05) is 98.8 Å². The second-order valence-electron chi connectivity index (χ2n) is 7.89. The van der Waals surface area contributed by atoms with Crippen LogP contribution >= 0.6 is 11.6 Å². The van der Waals surface area contributed by atoms with Gasteiger partial charge in [0.2, 0.25) is 0 Å². The van der Waals surface area contributed by atoms with Crippen molar-refractivity contribution >= 4 is 22.5 Å². The first-order chi connectivity index (χ1) is 15.5. The van der Waals surface area contributed by atoms with Crippen molar-refractivity contribution < 1.29 is 0 Å². The van der Waals surface area contributed by atoms with Gasteiger partial charge in [-0.3, -0.25) is 4.79 Å². The first-order valence-corrected chi connectivity index (χ1v) is 10.8. The second-order valence-corrected chi connectivity index (χ2v) is 8.32. The summed E-state index contributed by atoms with van der Waals surface area (Å²) in [6.45, 7) is 3.89. The van der Waals surface area contributed by atoms with Crippen LogP contribution in [0.5, 0.6) is 0 Å².